The van der Waals surface area contributed by atoms with Crippen LogP contribution in [0, 0.1) is 0 Å². The average molecular weight is 332 g/mol. The summed E-state index contributed by atoms with van der Waals surface area (Å²) in [6.45, 7) is 3.26. The van der Waals surface area contributed by atoms with E-state index >= 15 is 0 Å². The lowest BCUT2D eigenvalue weighted by atomic mass is 9.90. The lowest BCUT2D eigenvalue weighted by molar-refractivity contribution is 0.0772. The van der Waals surface area contributed by atoms with Gasteiger partial charge in [-0.1, -0.05) is 19.3 Å². The summed E-state index contributed by atoms with van der Waals surface area (Å²) in [5, 5.41) is 12.6. The van der Waals surface area contributed by atoms with Gasteiger partial charge in [-0.25, -0.2) is 13.4 Å². The molecule has 1 fully saturated rings. The minimum Gasteiger partial charge on any atom is -0.390 e. The Morgan fingerprint density at radius 2 is 2.00 bits per heavy atom. The van der Waals surface area contributed by atoms with Crippen LogP contribution in [0.2, 0.25) is 0 Å². The molecule has 0 atom stereocenters. The average Bonchev–Trinajstić information content (AvgIpc) is 2.85. The molecule has 1 N–H and O–H groups in total. The molecular weight excluding hydrogens is 306 g/mol. The molecule has 0 amide bonds. The molecule has 1 aliphatic carbocycles. The van der Waals surface area contributed by atoms with Crippen molar-refractivity contribution in [3.8, 4) is 0 Å². The Balaban J connectivity index is 1.95. The third-order valence-electron chi connectivity index (χ3n) is 3.92. The van der Waals surface area contributed by atoms with Crippen molar-refractivity contribution in [2.45, 2.75) is 69.6 Å². The zero-order valence-electron chi connectivity index (χ0n) is 12.8. The Kier molecular flexibility index (Phi) is 5.43. The van der Waals surface area contributed by atoms with Gasteiger partial charge in [0.05, 0.1) is 27.8 Å². The molecule has 0 bridgehead atoms. The topological polar surface area (TPSA) is 67.3 Å². The fraction of sp³-hybridized carbons (Fsp3) is 0.800. The fourth-order valence-electron chi connectivity index (χ4n) is 2.63. The maximum Gasteiger partial charge on any atom is 0.156 e. The first-order valence-corrected chi connectivity index (χ1v) is 10.3. The van der Waals surface area contributed by atoms with Gasteiger partial charge in [-0.05, 0) is 33.1 Å². The first-order valence-electron chi connectivity index (χ1n) is 7.62. The van der Waals surface area contributed by atoms with Crippen LogP contribution in [-0.2, 0) is 15.6 Å². The number of aromatic nitrogens is 1. The van der Waals surface area contributed by atoms with Gasteiger partial charge >= 0.3 is 0 Å². The lowest BCUT2D eigenvalue weighted by Crippen LogP contribution is -2.24. The first-order chi connectivity index (χ1) is 9.75. The van der Waals surface area contributed by atoms with Crippen molar-refractivity contribution in [2.24, 2.45) is 0 Å². The summed E-state index contributed by atoms with van der Waals surface area (Å²) < 4.78 is 24.2. The summed E-state index contributed by atoms with van der Waals surface area (Å²) in [5.41, 5.74) is -0.279. The predicted octanol–water partition coefficient (Wildman–Crippen LogP) is 3.27. The molecule has 0 aromatic carbocycles. The molecule has 2 rings (SSSR count). The molecule has 1 aromatic rings. The number of hydrogen-bond donors (Lipinski definition) is 1. The van der Waals surface area contributed by atoms with Crippen LogP contribution in [0.1, 0.15) is 69.0 Å². The van der Waals surface area contributed by atoms with E-state index in [9.17, 15) is 13.5 Å². The quantitative estimate of drug-likeness (QED) is 0.869. The number of sulfone groups is 1. The molecule has 6 heteroatoms. The van der Waals surface area contributed by atoms with Gasteiger partial charge in [0.1, 0.15) is 0 Å². The predicted molar refractivity (Wildman–Crippen MR) is 86.3 cm³/mol. The van der Waals surface area contributed by atoms with Crippen molar-refractivity contribution in [1.29, 1.82) is 0 Å². The highest BCUT2D eigenvalue weighted by Gasteiger charge is 2.22. The minimum atomic E-state index is -3.20. The van der Waals surface area contributed by atoms with Gasteiger partial charge in [0, 0.05) is 11.3 Å². The number of rotatable bonds is 6. The molecule has 1 aliphatic rings. The normalized spacial score (nSPS) is 18.0. The van der Waals surface area contributed by atoms with E-state index in [2.05, 4.69) is 4.98 Å². The molecule has 1 heterocycles. The second kappa shape index (κ2) is 6.75. The van der Waals surface area contributed by atoms with Crippen LogP contribution in [0.4, 0.5) is 0 Å². The van der Waals surface area contributed by atoms with Crippen molar-refractivity contribution in [3.63, 3.8) is 0 Å². The summed E-state index contributed by atoms with van der Waals surface area (Å²) in [4.78, 5) is 4.54. The third kappa shape index (κ3) is 5.68. The summed E-state index contributed by atoms with van der Waals surface area (Å²) in [6, 6.07) is 0. The van der Waals surface area contributed by atoms with Gasteiger partial charge in [-0.2, -0.15) is 0 Å². The smallest absolute Gasteiger partial charge is 0.156 e. The van der Waals surface area contributed by atoms with Crippen molar-refractivity contribution in [1.82, 2.24) is 4.98 Å². The molecule has 0 saturated heterocycles. The van der Waals surface area contributed by atoms with E-state index in [4.69, 9.17) is 0 Å². The Morgan fingerprint density at radius 3 is 2.62 bits per heavy atom. The van der Waals surface area contributed by atoms with Crippen molar-refractivity contribution < 1.29 is 13.5 Å². The van der Waals surface area contributed by atoms with Gasteiger partial charge in [0.15, 0.2) is 9.84 Å². The van der Waals surface area contributed by atoms with Crippen LogP contribution >= 0.6 is 11.3 Å². The molecule has 0 spiro atoms. The highest BCUT2D eigenvalue weighted by atomic mass is 32.2. The first kappa shape index (κ1) is 16.9. The van der Waals surface area contributed by atoms with E-state index in [1.54, 1.807) is 25.2 Å². The van der Waals surface area contributed by atoms with Gasteiger partial charge in [0.2, 0.25) is 0 Å². The zero-order chi connectivity index (χ0) is 15.5. The Labute approximate surface area is 131 Å². The number of aliphatic hydroxyl groups is 1. The molecule has 1 saturated carbocycles. The highest BCUT2D eigenvalue weighted by molar-refractivity contribution is 7.90. The van der Waals surface area contributed by atoms with Gasteiger partial charge < -0.3 is 5.11 Å². The fourth-order valence-corrected chi connectivity index (χ4v) is 5.28. The molecule has 21 heavy (non-hydrogen) atoms. The molecule has 0 aliphatic heterocycles. The SMILES string of the molecule is CC(C)(O)CCS(=O)(=O)Cc1csc(C2CCCCC2)n1. The van der Waals surface area contributed by atoms with Crippen LogP contribution in [-0.4, -0.2) is 29.9 Å². The van der Waals surface area contributed by atoms with Crippen LogP contribution in [0.25, 0.3) is 0 Å². The summed E-state index contributed by atoms with van der Waals surface area (Å²) in [5.74, 6) is 0.524. The van der Waals surface area contributed by atoms with E-state index in [1.165, 1.54) is 32.1 Å². The minimum absolute atomic E-state index is 0.00673. The second-order valence-corrected chi connectivity index (χ2v) is 9.74. The van der Waals surface area contributed by atoms with Gasteiger partial charge in [-0.15, -0.1) is 11.3 Å². The number of hydrogen-bond acceptors (Lipinski definition) is 5. The highest BCUT2D eigenvalue weighted by Crippen LogP contribution is 2.34. The molecule has 120 valence electrons. The number of thiazole rings is 1. The Hall–Kier alpha value is -0.460. The van der Waals surface area contributed by atoms with Gasteiger partial charge in [0.25, 0.3) is 0 Å². The maximum absolute atomic E-state index is 12.1. The standard InChI is InChI=1S/C15H25NO3S2/c1-15(2,17)8-9-21(18,19)11-13-10-20-14(16-13)12-6-4-3-5-7-12/h10,12,17H,3-9,11H2,1-2H3. The van der Waals surface area contributed by atoms with Crippen molar-refractivity contribution >= 4 is 21.2 Å². The van der Waals surface area contributed by atoms with Crippen molar-refractivity contribution in [2.75, 3.05) is 5.75 Å². The molecular formula is C15H25NO3S2. The summed E-state index contributed by atoms with van der Waals surface area (Å²) in [7, 11) is -3.20. The third-order valence-corrected chi connectivity index (χ3v) is 6.53. The van der Waals surface area contributed by atoms with Gasteiger partial charge in [-0.3, -0.25) is 0 Å². The van der Waals surface area contributed by atoms with Crippen molar-refractivity contribution in [3.05, 3.63) is 16.1 Å². The molecule has 1 aromatic heterocycles. The summed E-state index contributed by atoms with van der Waals surface area (Å²) in [6.07, 6.45) is 6.43. The molecule has 0 unspecified atom stereocenters. The van der Waals surface area contributed by atoms with E-state index in [1.807, 2.05) is 5.38 Å². The van der Waals surface area contributed by atoms with E-state index in [0.29, 0.717) is 11.6 Å². The van der Waals surface area contributed by atoms with Crippen LogP contribution < -0.4 is 0 Å². The van der Waals surface area contributed by atoms with E-state index in [0.717, 1.165) is 5.01 Å². The number of nitrogens with zero attached hydrogens (tertiary/aromatic N) is 1. The molecule has 4 nitrogen and oxygen atoms in total. The zero-order valence-corrected chi connectivity index (χ0v) is 14.5. The Morgan fingerprint density at radius 1 is 1.33 bits per heavy atom. The second-order valence-electron chi connectivity index (χ2n) is 6.67. The van der Waals surface area contributed by atoms with Crippen LogP contribution in [0.5, 0.6) is 0 Å². The Bertz CT molecular complexity index is 552. The maximum atomic E-state index is 12.1. The van der Waals surface area contributed by atoms with Crippen LogP contribution in [0.3, 0.4) is 0 Å². The lowest BCUT2D eigenvalue weighted by Gasteiger charge is -2.19. The summed E-state index contributed by atoms with van der Waals surface area (Å²) >= 11 is 1.60. The van der Waals surface area contributed by atoms with E-state index < -0.39 is 15.4 Å². The van der Waals surface area contributed by atoms with Crippen LogP contribution in [0.15, 0.2) is 5.38 Å². The largest absolute Gasteiger partial charge is 0.390 e. The monoisotopic (exact) mass is 331 g/mol. The molecule has 0 radical (unpaired) electrons. The van der Waals surface area contributed by atoms with E-state index in [-0.39, 0.29) is 17.9 Å².